The monoisotopic (exact) mass is 237 g/mol. The van der Waals surface area contributed by atoms with Gasteiger partial charge in [0.2, 0.25) is 0 Å². The molecule has 17 heavy (non-hydrogen) atoms. The lowest BCUT2D eigenvalue weighted by molar-refractivity contribution is 0.0493. The molecule has 1 heterocycles. The van der Waals surface area contributed by atoms with Gasteiger partial charge in [0, 0.05) is 25.0 Å². The van der Waals surface area contributed by atoms with Crippen molar-refractivity contribution < 1.29 is 4.74 Å². The van der Waals surface area contributed by atoms with Crippen molar-refractivity contribution in [3.8, 4) is 0 Å². The maximum Gasteiger partial charge on any atom is 0.157 e. The van der Waals surface area contributed by atoms with Crippen LogP contribution in [-0.4, -0.2) is 22.6 Å². The van der Waals surface area contributed by atoms with Crippen molar-refractivity contribution >= 4 is 0 Å². The lowest BCUT2D eigenvalue weighted by atomic mass is 10.1. The molecule has 0 aliphatic heterocycles. The number of rotatable bonds is 7. The molecule has 0 saturated carbocycles. The summed E-state index contributed by atoms with van der Waals surface area (Å²) >= 11 is 0. The molecule has 1 aromatic heterocycles. The molecule has 4 heteroatoms. The Balaban J connectivity index is 2.69. The predicted molar refractivity (Wildman–Crippen MR) is 68.7 cm³/mol. The smallest absolute Gasteiger partial charge is 0.157 e. The Labute approximate surface area is 104 Å². The SMILES string of the molecule is CCCC(OCC)c1ncc(CC(C)N)cn1. The Hall–Kier alpha value is -1.00. The van der Waals surface area contributed by atoms with Gasteiger partial charge in [-0.15, -0.1) is 0 Å². The van der Waals surface area contributed by atoms with Gasteiger partial charge in [-0.05, 0) is 32.3 Å². The van der Waals surface area contributed by atoms with Gasteiger partial charge in [0.05, 0.1) is 0 Å². The van der Waals surface area contributed by atoms with Crippen LogP contribution in [0.4, 0.5) is 0 Å². The molecule has 0 aliphatic carbocycles. The highest BCUT2D eigenvalue weighted by Gasteiger charge is 2.13. The lowest BCUT2D eigenvalue weighted by Crippen LogP contribution is -2.18. The summed E-state index contributed by atoms with van der Waals surface area (Å²) in [6.45, 7) is 6.80. The van der Waals surface area contributed by atoms with Crippen molar-refractivity contribution in [1.29, 1.82) is 0 Å². The zero-order valence-electron chi connectivity index (χ0n) is 11.0. The Kier molecular flexibility index (Phi) is 6.08. The average molecular weight is 237 g/mol. The minimum absolute atomic E-state index is 0.0225. The highest BCUT2D eigenvalue weighted by atomic mass is 16.5. The van der Waals surface area contributed by atoms with Gasteiger partial charge in [-0.2, -0.15) is 0 Å². The Morgan fingerprint density at radius 2 is 1.94 bits per heavy atom. The third-order valence-electron chi connectivity index (χ3n) is 2.49. The standard InChI is InChI=1S/C13H23N3O/c1-4-6-12(17-5-2)13-15-8-11(9-16-13)7-10(3)14/h8-10,12H,4-7,14H2,1-3H3. The summed E-state index contributed by atoms with van der Waals surface area (Å²) < 4.78 is 5.64. The average Bonchev–Trinajstić information content (AvgIpc) is 2.29. The molecule has 2 unspecified atom stereocenters. The van der Waals surface area contributed by atoms with E-state index in [2.05, 4.69) is 16.9 Å². The van der Waals surface area contributed by atoms with Crippen molar-refractivity contribution in [2.75, 3.05) is 6.61 Å². The number of hydrogen-bond donors (Lipinski definition) is 1. The van der Waals surface area contributed by atoms with E-state index in [1.54, 1.807) is 0 Å². The van der Waals surface area contributed by atoms with Crippen molar-refractivity contribution in [2.45, 2.75) is 52.2 Å². The van der Waals surface area contributed by atoms with Crippen LogP contribution in [0, 0.1) is 0 Å². The summed E-state index contributed by atoms with van der Waals surface area (Å²) in [6, 6.07) is 0.141. The molecular weight excluding hydrogens is 214 g/mol. The summed E-state index contributed by atoms with van der Waals surface area (Å²) in [6.07, 6.45) is 6.57. The minimum Gasteiger partial charge on any atom is -0.371 e. The van der Waals surface area contributed by atoms with E-state index in [1.807, 2.05) is 26.2 Å². The first kappa shape index (κ1) is 14.1. The molecule has 0 aromatic carbocycles. The number of nitrogens with two attached hydrogens (primary N) is 1. The van der Waals surface area contributed by atoms with Crippen molar-refractivity contribution in [2.24, 2.45) is 5.73 Å². The van der Waals surface area contributed by atoms with Crippen LogP contribution in [-0.2, 0) is 11.2 Å². The zero-order chi connectivity index (χ0) is 12.7. The highest BCUT2D eigenvalue weighted by molar-refractivity contribution is 5.07. The molecule has 2 atom stereocenters. The Morgan fingerprint density at radius 3 is 2.41 bits per heavy atom. The third kappa shape index (κ3) is 4.79. The van der Waals surface area contributed by atoms with Gasteiger partial charge >= 0.3 is 0 Å². The summed E-state index contributed by atoms with van der Waals surface area (Å²) in [5.41, 5.74) is 6.82. The molecule has 0 fully saturated rings. The van der Waals surface area contributed by atoms with Crippen LogP contribution < -0.4 is 5.73 Å². The van der Waals surface area contributed by atoms with Crippen LogP contribution in [0.1, 0.15) is 51.1 Å². The summed E-state index contributed by atoms with van der Waals surface area (Å²) in [7, 11) is 0. The topological polar surface area (TPSA) is 61.0 Å². The molecule has 1 aromatic rings. The van der Waals surface area contributed by atoms with Crippen LogP contribution in [0.2, 0.25) is 0 Å². The number of hydrogen-bond acceptors (Lipinski definition) is 4. The fourth-order valence-electron chi connectivity index (χ4n) is 1.76. The van der Waals surface area contributed by atoms with E-state index in [0.717, 1.165) is 30.7 Å². The van der Waals surface area contributed by atoms with Crippen molar-refractivity contribution in [3.63, 3.8) is 0 Å². The second-order valence-corrected chi connectivity index (χ2v) is 4.36. The van der Waals surface area contributed by atoms with Crippen LogP contribution in [0.5, 0.6) is 0 Å². The highest BCUT2D eigenvalue weighted by Crippen LogP contribution is 2.18. The Morgan fingerprint density at radius 1 is 1.29 bits per heavy atom. The van der Waals surface area contributed by atoms with Gasteiger partial charge in [-0.1, -0.05) is 13.3 Å². The van der Waals surface area contributed by atoms with E-state index >= 15 is 0 Å². The van der Waals surface area contributed by atoms with Crippen molar-refractivity contribution in [1.82, 2.24) is 9.97 Å². The molecule has 1 rings (SSSR count). The van der Waals surface area contributed by atoms with E-state index in [-0.39, 0.29) is 12.1 Å². The predicted octanol–water partition coefficient (Wildman–Crippen LogP) is 2.24. The van der Waals surface area contributed by atoms with E-state index < -0.39 is 0 Å². The molecule has 0 aliphatic rings. The van der Waals surface area contributed by atoms with Crippen LogP contribution in [0.15, 0.2) is 12.4 Å². The van der Waals surface area contributed by atoms with E-state index in [9.17, 15) is 0 Å². The largest absolute Gasteiger partial charge is 0.371 e. The Bertz CT molecular complexity index is 305. The van der Waals surface area contributed by atoms with Gasteiger partial charge in [-0.25, -0.2) is 9.97 Å². The number of ether oxygens (including phenoxy) is 1. The molecule has 0 radical (unpaired) electrons. The fourth-order valence-corrected chi connectivity index (χ4v) is 1.76. The molecule has 0 spiro atoms. The van der Waals surface area contributed by atoms with Crippen LogP contribution in [0.25, 0.3) is 0 Å². The quantitative estimate of drug-likeness (QED) is 0.790. The molecule has 0 amide bonds. The normalized spacial score (nSPS) is 14.6. The van der Waals surface area contributed by atoms with Gasteiger partial charge in [0.15, 0.2) is 5.82 Å². The van der Waals surface area contributed by atoms with E-state index in [0.29, 0.717) is 6.61 Å². The molecule has 0 saturated heterocycles. The lowest BCUT2D eigenvalue weighted by Gasteiger charge is -2.15. The number of aromatic nitrogens is 2. The van der Waals surface area contributed by atoms with E-state index in [1.165, 1.54) is 0 Å². The van der Waals surface area contributed by atoms with Gasteiger partial charge in [0.25, 0.3) is 0 Å². The first-order valence-corrected chi connectivity index (χ1v) is 6.35. The molecule has 4 nitrogen and oxygen atoms in total. The molecular formula is C13H23N3O. The zero-order valence-corrected chi connectivity index (χ0v) is 11.0. The summed E-state index contributed by atoms with van der Waals surface area (Å²) in [5, 5.41) is 0. The first-order valence-electron chi connectivity index (χ1n) is 6.35. The summed E-state index contributed by atoms with van der Waals surface area (Å²) in [5.74, 6) is 0.780. The van der Waals surface area contributed by atoms with Crippen LogP contribution in [0.3, 0.4) is 0 Å². The van der Waals surface area contributed by atoms with Crippen LogP contribution >= 0.6 is 0 Å². The minimum atomic E-state index is 0.0225. The fraction of sp³-hybridized carbons (Fsp3) is 0.692. The second-order valence-electron chi connectivity index (χ2n) is 4.36. The second kappa shape index (κ2) is 7.35. The first-order chi connectivity index (χ1) is 8.17. The molecule has 96 valence electrons. The van der Waals surface area contributed by atoms with E-state index in [4.69, 9.17) is 10.5 Å². The third-order valence-corrected chi connectivity index (χ3v) is 2.49. The van der Waals surface area contributed by atoms with Gasteiger partial charge < -0.3 is 10.5 Å². The molecule has 2 N–H and O–H groups in total. The number of nitrogens with zero attached hydrogens (tertiary/aromatic N) is 2. The van der Waals surface area contributed by atoms with Crippen molar-refractivity contribution in [3.05, 3.63) is 23.8 Å². The van der Waals surface area contributed by atoms with Gasteiger partial charge in [0.1, 0.15) is 6.10 Å². The molecule has 0 bridgehead atoms. The maximum atomic E-state index is 5.74. The maximum absolute atomic E-state index is 5.74. The summed E-state index contributed by atoms with van der Waals surface area (Å²) in [4.78, 5) is 8.76. The van der Waals surface area contributed by atoms with Gasteiger partial charge in [-0.3, -0.25) is 0 Å².